The van der Waals surface area contributed by atoms with Gasteiger partial charge in [0.25, 0.3) is 0 Å². The molecule has 0 amide bonds. The summed E-state index contributed by atoms with van der Waals surface area (Å²) >= 11 is 0. The van der Waals surface area contributed by atoms with Gasteiger partial charge < -0.3 is 0 Å². The molecule has 0 spiro atoms. The van der Waals surface area contributed by atoms with E-state index >= 15 is 0 Å². The van der Waals surface area contributed by atoms with Crippen molar-refractivity contribution in [1.29, 1.82) is 0 Å². The number of benzene rings is 1. The third-order valence-corrected chi connectivity index (χ3v) is 5.02. The van der Waals surface area contributed by atoms with Crippen LogP contribution in [-0.2, 0) is 14.8 Å². The Bertz CT molecular complexity index is 657. The number of sulfonamides is 1. The Hall–Kier alpha value is -1.63. The molecule has 1 fully saturated rings. The molecule has 0 aliphatic carbocycles. The maximum absolute atomic E-state index is 13.7. The molecule has 1 heterocycles. The number of rotatable bonds is 3. The van der Waals surface area contributed by atoms with Crippen molar-refractivity contribution in [2.24, 2.45) is 4.99 Å². The summed E-state index contributed by atoms with van der Waals surface area (Å²) in [6.07, 6.45) is 2.03. The van der Waals surface area contributed by atoms with E-state index in [1.807, 2.05) is 0 Å². The normalized spacial score (nSPS) is 20.4. The lowest BCUT2D eigenvalue weighted by molar-refractivity contribution is 0.258. The molecule has 1 aromatic carbocycles. The molecule has 20 heavy (non-hydrogen) atoms. The molecule has 1 aliphatic heterocycles. The summed E-state index contributed by atoms with van der Waals surface area (Å²) < 4.78 is 52.5. The third-order valence-electron chi connectivity index (χ3n) is 3.10. The Labute approximate surface area is 115 Å². The maximum Gasteiger partial charge on any atom is 0.247 e. The van der Waals surface area contributed by atoms with Crippen LogP contribution in [0.4, 0.5) is 8.78 Å². The molecule has 0 N–H and O–H groups in total. The number of piperidine rings is 1. The molecule has 0 radical (unpaired) electrons. The van der Waals surface area contributed by atoms with Crippen molar-refractivity contribution >= 4 is 16.1 Å². The van der Waals surface area contributed by atoms with Crippen LogP contribution in [-0.4, -0.2) is 31.5 Å². The van der Waals surface area contributed by atoms with Gasteiger partial charge in [0.1, 0.15) is 22.7 Å². The van der Waals surface area contributed by atoms with Crippen LogP contribution in [0.15, 0.2) is 28.1 Å². The smallest absolute Gasteiger partial charge is 0.211 e. The van der Waals surface area contributed by atoms with Gasteiger partial charge in [-0.1, -0.05) is 0 Å². The van der Waals surface area contributed by atoms with Crippen LogP contribution in [0.1, 0.15) is 19.3 Å². The van der Waals surface area contributed by atoms with Crippen molar-refractivity contribution < 1.29 is 22.0 Å². The summed E-state index contributed by atoms with van der Waals surface area (Å²) in [5, 5.41) is 0. The molecule has 2 rings (SSSR count). The molecule has 0 bridgehead atoms. The molecule has 108 valence electrons. The Balaban J connectivity index is 2.47. The van der Waals surface area contributed by atoms with Crippen molar-refractivity contribution in [3.05, 3.63) is 29.8 Å². The first-order valence-corrected chi connectivity index (χ1v) is 7.44. The number of carbonyl (C=O) groups excluding carboxylic acids is 1. The van der Waals surface area contributed by atoms with Crippen LogP contribution in [0.2, 0.25) is 0 Å². The molecule has 1 saturated heterocycles. The lowest BCUT2D eigenvalue weighted by atomic mass is 10.1. The Morgan fingerprint density at radius 2 is 2.05 bits per heavy atom. The Kier molecular flexibility index (Phi) is 4.27. The fourth-order valence-corrected chi connectivity index (χ4v) is 3.83. The van der Waals surface area contributed by atoms with Crippen molar-refractivity contribution in [3.63, 3.8) is 0 Å². The molecule has 8 heteroatoms. The second kappa shape index (κ2) is 5.78. The van der Waals surface area contributed by atoms with E-state index in [1.54, 1.807) is 0 Å². The molecule has 1 unspecified atom stereocenters. The summed E-state index contributed by atoms with van der Waals surface area (Å²) in [6.45, 7) is 0.105. The van der Waals surface area contributed by atoms with E-state index in [0.717, 1.165) is 16.4 Å². The molecule has 5 nitrogen and oxygen atoms in total. The van der Waals surface area contributed by atoms with Crippen LogP contribution >= 0.6 is 0 Å². The second-order valence-electron chi connectivity index (χ2n) is 4.39. The molecule has 1 aliphatic rings. The molecule has 0 aromatic heterocycles. The molecular formula is C12H12F2N2O3S. The SMILES string of the molecule is O=C=NC1CCCCN1S(=O)(=O)c1cc(F)ccc1F. The van der Waals surface area contributed by atoms with Gasteiger partial charge in [0.05, 0.1) is 0 Å². The van der Waals surface area contributed by atoms with Gasteiger partial charge >= 0.3 is 0 Å². The van der Waals surface area contributed by atoms with Gasteiger partial charge in [-0.25, -0.2) is 22.0 Å². The van der Waals surface area contributed by atoms with E-state index in [0.29, 0.717) is 25.3 Å². The Morgan fingerprint density at radius 1 is 1.30 bits per heavy atom. The van der Waals surface area contributed by atoms with E-state index in [2.05, 4.69) is 4.99 Å². The monoisotopic (exact) mass is 302 g/mol. The van der Waals surface area contributed by atoms with Gasteiger partial charge in [-0.3, -0.25) is 0 Å². The first-order chi connectivity index (χ1) is 9.46. The minimum Gasteiger partial charge on any atom is -0.211 e. The first kappa shape index (κ1) is 14.8. The molecule has 1 atom stereocenters. The van der Waals surface area contributed by atoms with Gasteiger partial charge in [-0.2, -0.15) is 9.30 Å². The number of nitrogens with zero attached hydrogens (tertiary/aromatic N) is 2. The minimum atomic E-state index is -4.24. The predicted molar refractivity (Wildman–Crippen MR) is 66.0 cm³/mol. The average Bonchev–Trinajstić information content (AvgIpc) is 2.42. The summed E-state index contributed by atoms with van der Waals surface area (Å²) in [5.41, 5.74) is 0. The van der Waals surface area contributed by atoms with Crippen LogP contribution in [0.3, 0.4) is 0 Å². The van der Waals surface area contributed by atoms with Crippen molar-refractivity contribution in [1.82, 2.24) is 4.31 Å². The topological polar surface area (TPSA) is 66.8 Å². The van der Waals surface area contributed by atoms with Crippen LogP contribution in [0.25, 0.3) is 0 Å². The first-order valence-electron chi connectivity index (χ1n) is 6.00. The number of aliphatic imine (C=N–C) groups is 1. The average molecular weight is 302 g/mol. The zero-order chi connectivity index (χ0) is 14.8. The highest BCUT2D eigenvalue weighted by molar-refractivity contribution is 7.89. The number of halogens is 2. The molecular weight excluding hydrogens is 290 g/mol. The largest absolute Gasteiger partial charge is 0.247 e. The fraction of sp³-hybridized carbons (Fsp3) is 0.417. The standard InChI is InChI=1S/C12H12F2N2O3S/c13-9-4-5-10(14)11(7-9)20(18,19)16-6-2-1-3-12(16)15-8-17/h4-5,7,12H,1-3,6H2. The van der Waals surface area contributed by atoms with Gasteiger partial charge in [0.15, 0.2) is 0 Å². The van der Waals surface area contributed by atoms with E-state index in [1.165, 1.54) is 6.08 Å². The molecule has 0 saturated carbocycles. The third kappa shape index (κ3) is 2.77. The second-order valence-corrected chi connectivity index (χ2v) is 6.25. The van der Waals surface area contributed by atoms with Gasteiger partial charge in [-0.15, -0.1) is 0 Å². The highest BCUT2D eigenvalue weighted by Crippen LogP contribution is 2.27. The summed E-state index contributed by atoms with van der Waals surface area (Å²) in [7, 11) is -4.24. The van der Waals surface area contributed by atoms with Gasteiger partial charge in [0.2, 0.25) is 16.1 Å². The number of hydrogen-bond acceptors (Lipinski definition) is 4. The zero-order valence-electron chi connectivity index (χ0n) is 10.4. The number of isocyanates is 1. The van der Waals surface area contributed by atoms with Crippen LogP contribution in [0, 0.1) is 11.6 Å². The van der Waals surface area contributed by atoms with Crippen LogP contribution < -0.4 is 0 Å². The fourth-order valence-electron chi connectivity index (χ4n) is 2.16. The van der Waals surface area contributed by atoms with Gasteiger partial charge in [-0.05, 0) is 37.5 Å². The van der Waals surface area contributed by atoms with Crippen molar-refractivity contribution in [3.8, 4) is 0 Å². The van der Waals surface area contributed by atoms with E-state index in [9.17, 15) is 22.0 Å². The maximum atomic E-state index is 13.7. The van der Waals surface area contributed by atoms with E-state index in [-0.39, 0.29) is 6.54 Å². The quantitative estimate of drug-likeness (QED) is 0.631. The zero-order valence-corrected chi connectivity index (χ0v) is 11.2. The van der Waals surface area contributed by atoms with E-state index < -0.39 is 32.7 Å². The molecule has 1 aromatic rings. The lowest BCUT2D eigenvalue weighted by Crippen LogP contribution is -2.42. The van der Waals surface area contributed by atoms with Crippen molar-refractivity contribution in [2.45, 2.75) is 30.3 Å². The summed E-state index contributed by atoms with van der Waals surface area (Å²) in [6, 6.07) is 2.22. The number of hydrogen-bond donors (Lipinski definition) is 0. The van der Waals surface area contributed by atoms with Crippen molar-refractivity contribution in [2.75, 3.05) is 6.54 Å². The van der Waals surface area contributed by atoms with Gasteiger partial charge in [0, 0.05) is 6.54 Å². The highest BCUT2D eigenvalue weighted by Gasteiger charge is 2.35. The van der Waals surface area contributed by atoms with Crippen LogP contribution in [0.5, 0.6) is 0 Å². The highest BCUT2D eigenvalue weighted by atomic mass is 32.2. The lowest BCUT2D eigenvalue weighted by Gasteiger charge is -2.31. The summed E-state index contributed by atoms with van der Waals surface area (Å²) in [4.78, 5) is 13.0. The minimum absolute atomic E-state index is 0.105. The predicted octanol–water partition coefficient (Wildman–Crippen LogP) is 1.80. The van der Waals surface area contributed by atoms with E-state index in [4.69, 9.17) is 0 Å². The Morgan fingerprint density at radius 3 is 2.75 bits per heavy atom. The summed E-state index contributed by atoms with van der Waals surface area (Å²) in [5.74, 6) is -1.89.